The van der Waals surface area contributed by atoms with Crippen molar-refractivity contribution in [2.75, 3.05) is 43.6 Å². The molecule has 1 aliphatic heterocycles. The van der Waals surface area contributed by atoms with Gasteiger partial charge in [0.05, 0.1) is 25.1 Å². The van der Waals surface area contributed by atoms with Gasteiger partial charge < -0.3 is 19.7 Å². The van der Waals surface area contributed by atoms with E-state index >= 15 is 0 Å². The molecule has 0 saturated carbocycles. The fraction of sp³-hybridized carbons (Fsp3) is 0.263. The molecule has 1 aliphatic rings. The van der Waals surface area contributed by atoms with Crippen molar-refractivity contribution in [3.63, 3.8) is 0 Å². The molecule has 138 valence electrons. The molecule has 4 rings (SSSR count). The molecule has 0 aromatic carbocycles. The van der Waals surface area contributed by atoms with Crippen LogP contribution in [0.25, 0.3) is 11.3 Å². The largest absolute Gasteiger partial charge is 0.437 e. The van der Waals surface area contributed by atoms with E-state index in [1.807, 2.05) is 37.4 Å². The molecular formula is C19H20N6O2. The van der Waals surface area contributed by atoms with Crippen LogP contribution in [0.1, 0.15) is 0 Å². The van der Waals surface area contributed by atoms with Crippen LogP contribution in [0, 0.1) is 0 Å². The number of pyridine rings is 2. The van der Waals surface area contributed by atoms with Crippen molar-refractivity contribution in [3.05, 3.63) is 48.9 Å². The first-order chi connectivity index (χ1) is 13.3. The molecule has 0 amide bonds. The summed E-state index contributed by atoms with van der Waals surface area (Å²) in [5.74, 6) is 2.51. The highest BCUT2D eigenvalue weighted by atomic mass is 16.5. The van der Waals surface area contributed by atoms with Crippen molar-refractivity contribution in [1.29, 1.82) is 0 Å². The van der Waals surface area contributed by atoms with Gasteiger partial charge in [0.2, 0.25) is 11.8 Å². The molecule has 3 aromatic heterocycles. The van der Waals surface area contributed by atoms with E-state index in [2.05, 4.69) is 25.2 Å². The SMILES string of the molecule is CNc1ccc(-c2cc(Oc3cccnc3)nc(N3CCOCC3)n2)cn1. The topological polar surface area (TPSA) is 85.3 Å². The Balaban J connectivity index is 1.70. The first-order valence-corrected chi connectivity index (χ1v) is 8.76. The summed E-state index contributed by atoms with van der Waals surface area (Å²) in [6.45, 7) is 2.80. The molecule has 0 spiro atoms. The molecule has 8 heteroatoms. The van der Waals surface area contributed by atoms with E-state index in [1.165, 1.54) is 0 Å². The van der Waals surface area contributed by atoms with Crippen LogP contribution in [-0.2, 0) is 4.74 Å². The summed E-state index contributed by atoms with van der Waals surface area (Å²) in [6, 6.07) is 9.35. The lowest BCUT2D eigenvalue weighted by Crippen LogP contribution is -2.37. The van der Waals surface area contributed by atoms with E-state index in [-0.39, 0.29) is 0 Å². The van der Waals surface area contributed by atoms with Gasteiger partial charge in [0.25, 0.3) is 0 Å². The van der Waals surface area contributed by atoms with Crippen LogP contribution in [0.2, 0.25) is 0 Å². The highest BCUT2D eigenvalue weighted by molar-refractivity contribution is 5.62. The third kappa shape index (κ3) is 4.12. The number of ether oxygens (including phenoxy) is 2. The Labute approximate surface area is 157 Å². The first-order valence-electron chi connectivity index (χ1n) is 8.76. The van der Waals surface area contributed by atoms with Crippen molar-refractivity contribution in [3.8, 4) is 22.9 Å². The highest BCUT2D eigenvalue weighted by Gasteiger charge is 2.17. The summed E-state index contributed by atoms with van der Waals surface area (Å²) >= 11 is 0. The van der Waals surface area contributed by atoms with Crippen LogP contribution in [-0.4, -0.2) is 53.3 Å². The second kappa shape index (κ2) is 7.96. The van der Waals surface area contributed by atoms with Gasteiger partial charge in [-0.3, -0.25) is 4.98 Å². The van der Waals surface area contributed by atoms with Crippen molar-refractivity contribution >= 4 is 11.8 Å². The monoisotopic (exact) mass is 364 g/mol. The van der Waals surface area contributed by atoms with Crippen LogP contribution in [0.3, 0.4) is 0 Å². The highest BCUT2D eigenvalue weighted by Crippen LogP contribution is 2.27. The lowest BCUT2D eigenvalue weighted by atomic mass is 10.2. The van der Waals surface area contributed by atoms with Gasteiger partial charge in [-0.15, -0.1) is 0 Å². The predicted molar refractivity (Wildman–Crippen MR) is 102 cm³/mol. The number of morpholine rings is 1. The van der Waals surface area contributed by atoms with Crippen LogP contribution in [0.15, 0.2) is 48.9 Å². The Hall–Kier alpha value is -3.26. The van der Waals surface area contributed by atoms with Crippen molar-refractivity contribution in [1.82, 2.24) is 19.9 Å². The van der Waals surface area contributed by atoms with E-state index in [1.54, 1.807) is 18.6 Å². The number of nitrogens with one attached hydrogen (secondary N) is 1. The standard InChI is InChI=1S/C19H20N6O2/c1-20-17-5-4-14(12-22-17)16-11-18(27-15-3-2-6-21-13-15)24-19(23-16)25-7-9-26-10-8-25/h2-6,11-13H,7-10H2,1H3,(H,20,22). The molecule has 1 N–H and O–H groups in total. The zero-order chi connectivity index (χ0) is 18.5. The molecule has 3 aromatic rings. The second-order valence-corrected chi connectivity index (χ2v) is 5.96. The van der Waals surface area contributed by atoms with Gasteiger partial charge in [0.1, 0.15) is 11.6 Å². The number of aromatic nitrogens is 4. The predicted octanol–water partition coefficient (Wildman–Crippen LogP) is 2.60. The van der Waals surface area contributed by atoms with Crippen molar-refractivity contribution in [2.45, 2.75) is 0 Å². The summed E-state index contributed by atoms with van der Waals surface area (Å²) in [6.07, 6.45) is 5.14. The molecule has 1 fully saturated rings. The van der Waals surface area contributed by atoms with Crippen molar-refractivity contribution < 1.29 is 9.47 Å². The number of anilines is 2. The minimum Gasteiger partial charge on any atom is -0.437 e. The maximum Gasteiger partial charge on any atom is 0.229 e. The summed E-state index contributed by atoms with van der Waals surface area (Å²) in [5, 5.41) is 3.02. The smallest absolute Gasteiger partial charge is 0.229 e. The molecule has 27 heavy (non-hydrogen) atoms. The van der Waals surface area contributed by atoms with Gasteiger partial charge in [-0.2, -0.15) is 4.98 Å². The minimum atomic E-state index is 0.465. The number of hydrogen-bond donors (Lipinski definition) is 1. The maximum absolute atomic E-state index is 5.91. The number of nitrogens with zero attached hydrogens (tertiary/aromatic N) is 5. The number of rotatable bonds is 5. The van der Waals surface area contributed by atoms with Gasteiger partial charge in [0.15, 0.2) is 0 Å². The molecule has 0 bridgehead atoms. The molecule has 4 heterocycles. The minimum absolute atomic E-state index is 0.465. The van der Waals surface area contributed by atoms with Crippen LogP contribution in [0.5, 0.6) is 11.6 Å². The normalized spacial score (nSPS) is 14.0. The zero-order valence-electron chi connectivity index (χ0n) is 15.0. The van der Waals surface area contributed by atoms with Crippen LogP contribution < -0.4 is 15.0 Å². The Bertz CT molecular complexity index is 882. The summed E-state index contributed by atoms with van der Waals surface area (Å²) in [4.78, 5) is 19.9. The Morgan fingerprint density at radius 2 is 2.00 bits per heavy atom. The fourth-order valence-corrected chi connectivity index (χ4v) is 2.74. The number of hydrogen-bond acceptors (Lipinski definition) is 8. The van der Waals surface area contributed by atoms with Gasteiger partial charge in [-0.1, -0.05) is 0 Å². The Morgan fingerprint density at radius 3 is 2.70 bits per heavy atom. The van der Waals surface area contributed by atoms with E-state index < -0.39 is 0 Å². The lowest BCUT2D eigenvalue weighted by molar-refractivity contribution is 0.122. The van der Waals surface area contributed by atoms with Gasteiger partial charge >= 0.3 is 0 Å². The van der Waals surface area contributed by atoms with Gasteiger partial charge in [-0.25, -0.2) is 9.97 Å². The molecule has 0 unspecified atom stereocenters. The Morgan fingerprint density at radius 1 is 1.11 bits per heavy atom. The van der Waals surface area contributed by atoms with E-state index in [0.717, 1.165) is 30.2 Å². The summed E-state index contributed by atoms with van der Waals surface area (Å²) in [5.41, 5.74) is 1.64. The van der Waals surface area contributed by atoms with E-state index in [0.29, 0.717) is 30.8 Å². The quantitative estimate of drug-likeness (QED) is 0.739. The maximum atomic E-state index is 5.91. The molecule has 0 radical (unpaired) electrons. The molecule has 8 nitrogen and oxygen atoms in total. The first kappa shape index (κ1) is 17.2. The summed E-state index contributed by atoms with van der Waals surface area (Å²) in [7, 11) is 1.84. The van der Waals surface area contributed by atoms with Crippen molar-refractivity contribution in [2.24, 2.45) is 0 Å². The molecule has 0 aliphatic carbocycles. The third-order valence-electron chi connectivity index (χ3n) is 4.16. The molecule has 0 atom stereocenters. The van der Waals surface area contributed by atoms with Gasteiger partial charge in [-0.05, 0) is 24.3 Å². The average molecular weight is 364 g/mol. The van der Waals surface area contributed by atoms with Crippen LogP contribution >= 0.6 is 0 Å². The Kier molecular flexibility index (Phi) is 5.06. The van der Waals surface area contributed by atoms with Crippen LogP contribution in [0.4, 0.5) is 11.8 Å². The van der Waals surface area contributed by atoms with E-state index in [9.17, 15) is 0 Å². The lowest BCUT2D eigenvalue weighted by Gasteiger charge is -2.27. The summed E-state index contributed by atoms with van der Waals surface area (Å²) < 4.78 is 11.3. The third-order valence-corrected chi connectivity index (χ3v) is 4.16. The second-order valence-electron chi connectivity index (χ2n) is 5.96. The van der Waals surface area contributed by atoms with Gasteiger partial charge in [0, 0.05) is 44.2 Å². The molecule has 1 saturated heterocycles. The average Bonchev–Trinajstić information content (AvgIpc) is 2.75. The fourth-order valence-electron chi connectivity index (χ4n) is 2.74. The van der Waals surface area contributed by atoms with E-state index in [4.69, 9.17) is 14.5 Å². The zero-order valence-corrected chi connectivity index (χ0v) is 15.0. The molecular weight excluding hydrogens is 344 g/mol.